The number of rotatable bonds is 2. The molecule has 0 aromatic carbocycles. The Hall–Kier alpha value is -1.16. The number of halogens is 1. The van der Waals surface area contributed by atoms with E-state index in [1.54, 1.807) is 0 Å². The zero-order valence-corrected chi connectivity index (χ0v) is 7.30. The summed E-state index contributed by atoms with van der Waals surface area (Å²) in [6.07, 6.45) is 2.01. The van der Waals surface area contributed by atoms with Crippen LogP contribution in [-0.4, -0.2) is 15.9 Å². The first-order valence-electron chi connectivity index (χ1n) is 3.46. The van der Waals surface area contributed by atoms with Crippen molar-refractivity contribution in [1.29, 1.82) is 0 Å². The first-order valence-corrected chi connectivity index (χ1v) is 3.84. The molecule has 0 aliphatic rings. The van der Waals surface area contributed by atoms with Crippen LogP contribution in [-0.2, 0) is 6.42 Å². The summed E-state index contributed by atoms with van der Waals surface area (Å²) in [6, 6.07) is 0. The number of aryl methyl sites for hydroxylation is 1. The van der Waals surface area contributed by atoms with Gasteiger partial charge in [0.25, 0.3) is 5.91 Å². The molecule has 5 heteroatoms. The van der Waals surface area contributed by atoms with Crippen LogP contribution in [0.4, 0.5) is 0 Å². The van der Waals surface area contributed by atoms with E-state index in [2.05, 4.69) is 9.97 Å². The smallest absolute Gasteiger partial charge is 0.269 e. The largest absolute Gasteiger partial charge is 0.364 e. The minimum absolute atomic E-state index is 0.157. The van der Waals surface area contributed by atoms with Gasteiger partial charge in [-0.2, -0.15) is 0 Å². The first kappa shape index (κ1) is 8.93. The molecule has 0 saturated heterocycles. The maximum atomic E-state index is 10.8. The van der Waals surface area contributed by atoms with Gasteiger partial charge in [-0.1, -0.05) is 18.5 Å². The number of carbonyl (C=O) groups is 1. The van der Waals surface area contributed by atoms with Crippen LogP contribution in [0.5, 0.6) is 0 Å². The molecule has 1 rings (SSSR count). The van der Waals surface area contributed by atoms with E-state index in [4.69, 9.17) is 17.3 Å². The van der Waals surface area contributed by atoms with Crippen LogP contribution < -0.4 is 5.73 Å². The maximum Gasteiger partial charge on any atom is 0.269 e. The number of primary amides is 1. The minimum Gasteiger partial charge on any atom is -0.364 e. The molecule has 1 aromatic rings. The lowest BCUT2D eigenvalue weighted by Crippen LogP contribution is -2.16. The summed E-state index contributed by atoms with van der Waals surface area (Å²) in [4.78, 5) is 18.5. The normalized spacial score (nSPS) is 9.83. The third-order valence-electron chi connectivity index (χ3n) is 1.39. The molecule has 0 unspecified atom stereocenters. The summed E-state index contributed by atoms with van der Waals surface area (Å²) in [5.41, 5.74) is 5.79. The lowest BCUT2D eigenvalue weighted by molar-refractivity contribution is 0.0994. The van der Waals surface area contributed by atoms with E-state index >= 15 is 0 Å². The summed E-state index contributed by atoms with van der Waals surface area (Å²) < 4.78 is 0. The molecule has 0 radical (unpaired) electrons. The first-order chi connectivity index (χ1) is 5.65. The molecule has 1 aromatic heterocycles. The fraction of sp³-hybridized carbons (Fsp3) is 0.286. The fourth-order valence-electron chi connectivity index (χ4n) is 0.849. The fourth-order valence-corrected chi connectivity index (χ4v) is 0.982. The Morgan fingerprint density at radius 2 is 2.42 bits per heavy atom. The summed E-state index contributed by atoms with van der Waals surface area (Å²) in [5, 5.41) is 0.181. The van der Waals surface area contributed by atoms with Crippen molar-refractivity contribution in [2.24, 2.45) is 5.73 Å². The number of aromatic nitrogens is 2. The zero-order valence-electron chi connectivity index (χ0n) is 6.54. The van der Waals surface area contributed by atoms with Gasteiger partial charge in [0.2, 0.25) is 0 Å². The zero-order chi connectivity index (χ0) is 9.14. The summed E-state index contributed by atoms with van der Waals surface area (Å²) in [7, 11) is 0. The standard InChI is InChI=1S/C7H8ClN3O/c1-2-4-6(7(9)12)11-5(8)3-10-4/h3H,2H2,1H3,(H2,9,12). The van der Waals surface area contributed by atoms with Gasteiger partial charge >= 0.3 is 0 Å². The monoisotopic (exact) mass is 185 g/mol. The molecule has 4 nitrogen and oxygen atoms in total. The van der Waals surface area contributed by atoms with Gasteiger partial charge in [0.05, 0.1) is 11.9 Å². The number of carbonyl (C=O) groups excluding carboxylic acids is 1. The quantitative estimate of drug-likeness (QED) is 0.741. The van der Waals surface area contributed by atoms with E-state index in [9.17, 15) is 4.79 Å². The van der Waals surface area contributed by atoms with Gasteiger partial charge < -0.3 is 5.73 Å². The van der Waals surface area contributed by atoms with Gasteiger partial charge in [-0.05, 0) is 6.42 Å². The second kappa shape index (κ2) is 3.49. The minimum atomic E-state index is -0.596. The van der Waals surface area contributed by atoms with Crippen molar-refractivity contribution in [3.05, 3.63) is 22.7 Å². The summed E-state index contributed by atoms with van der Waals surface area (Å²) in [6.45, 7) is 1.87. The Labute approximate surface area is 74.8 Å². The lowest BCUT2D eigenvalue weighted by Gasteiger charge is -2.00. The molecule has 0 spiro atoms. The van der Waals surface area contributed by atoms with Crippen molar-refractivity contribution in [3.63, 3.8) is 0 Å². The van der Waals surface area contributed by atoms with Gasteiger partial charge in [0.1, 0.15) is 5.15 Å². The van der Waals surface area contributed by atoms with Gasteiger partial charge in [0.15, 0.2) is 5.69 Å². The van der Waals surface area contributed by atoms with Crippen molar-refractivity contribution in [2.75, 3.05) is 0 Å². The number of amides is 1. The molecule has 12 heavy (non-hydrogen) atoms. The van der Waals surface area contributed by atoms with Crippen molar-refractivity contribution < 1.29 is 4.79 Å². The molecule has 0 bridgehead atoms. The molecular formula is C7H8ClN3O. The lowest BCUT2D eigenvalue weighted by atomic mass is 10.2. The molecular weight excluding hydrogens is 178 g/mol. The molecule has 0 aliphatic heterocycles. The van der Waals surface area contributed by atoms with Crippen LogP contribution >= 0.6 is 11.6 Å². The molecule has 0 saturated carbocycles. The van der Waals surface area contributed by atoms with Gasteiger partial charge in [-0.25, -0.2) is 4.98 Å². The van der Waals surface area contributed by atoms with E-state index in [1.807, 2.05) is 6.92 Å². The maximum absolute atomic E-state index is 10.8. The van der Waals surface area contributed by atoms with E-state index in [-0.39, 0.29) is 10.8 Å². The van der Waals surface area contributed by atoms with Gasteiger partial charge in [-0.3, -0.25) is 9.78 Å². The van der Waals surface area contributed by atoms with E-state index < -0.39 is 5.91 Å². The van der Waals surface area contributed by atoms with Crippen molar-refractivity contribution >= 4 is 17.5 Å². The van der Waals surface area contributed by atoms with Crippen LogP contribution in [0.1, 0.15) is 23.1 Å². The Bertz CT molecular complexity index is 314. The Balaban J connectivity index is 3.21. The summed E-state index contributed by atoms with van der Waals surface area (Å²) in [5.74, 6) is -0.596. The highest BCUT2D eigenvalue weighted by atomic mass is 35.5. The third-order valence-corrected chi connectivity index (χ3v) is 1.57. The van der Waals surface area contributed by atoms with Gasteiger partial charge in [-0.15, -0.1) is 0 Å². The number of hydrogen-bond donors (Lipinski definition) is 1. The van der Waals surface area contributed by atoms with E-state index in [0.29, 0.717) is 12.1 Å². The summed E-state index contributed by atoms with van der Waals surface area (Å²) >= 11 is 5.54. The van der Waals surface area contributed by atoms with E-state index in [1.165, 1.54) is 6.20 Å². The van der Waals surface area contributed by atoms with Gasteiger partial charge in [0, 0.05) is 0 Å². The van der Waals surface area contributed by atoms with Crippen LogP contribution in [0.25, 0.3) is 0 Å². The van der Waals surface area contributed by atoms with Crippen molar-refractivity contribution in [3.8, 4) is 0 Å². The Morgan fingerprint density at radius 1 is 1.75 bits per heavy atom. The number of nitrogens with zero attached hydrogens (tertiary/aromatic N) is 2. The molecule has 0 fully saturated rings. The van der Waals surface area contributed by atoms with Crippen LogP contribution in [0.3, 0.4) is 0 Å². The highest BCUT2D eigenvalue weighted by molar-refractivity contribution is 6.29. The molecule has 0 atom stereocenters. The topological polar surface area (TPSA) is 68.9 Å². The Morgan fingerprint density at radius 3 is 2.92 bits per heavy atom. The van der Waals surface area contributed by atoms with Crippen LogP contribution in [0.15, 0.2) is 6.20 Å². The highest BCUT2D eigenvalue weighted by Crippen LogP contribution is 2.07. The number of hydrogen-bond acceptors (Lipinski definition) is 3. The molecule has 0 aliphatic carbocycles. The van der Waals surface area contributed by atoms with Crippen LogP contribution in [0, 0.1) is 0 Å². The second-order valence-corrected chi connectivity index (χ2v) is 2.59. The van der Waals surface area contributed by atoms with Crippen LogP contribution in [0.2, 0.25) is 5.15 Å². The highest BCUT2D eigenvalue weighted by Gasteiger charge is 2.09. The molecule has 1 heterocycles. The molecule has 1 amide bonds. The average Bonchev–Trinajstić information content (AvgIpc) is 2.04. The SMILES string of the molecule is CCc1ncc(Cl)nc1C(N)=O. The predicted octanol–water partition coefficient (Wildman–Crippen LogP) is 0.791. The molecule has 64 valence electrons. The predicted molar refractivity (Wildman–Crippen MR) is 44.9 cm³/mol. The third kappa shape index (κ3) is 1.71. The van der Waals surface area contributed by atoms with E-state index in [0.717, 1.165) is 0 Å². The molecule has 2 N–H and O–H groups in total. The number of nitrogens with two attached hydrogens (primary N) is 1. The Kier molecular flexibility index (Phi) is 2.60. The second-order valence-electron chi connectivity index (χ2n) is 2.21. The van der Waals surface area contributed by atoms with Crippen molar-refractivity contribution in [1.82, 2.24) is 9.97 Å². The van der Waals surface area contributed by atoms with Crippen molar-refractivity contribution in [2.45, 2.75) is 13.3 Å². The average molecular weight is 186 g/mol.